The summed E-state index contributed by atoms with van der Waals surface area (Å²) in [4.78, 5) is 11.9. The Morgan fingerprint density at radius 1 is 1.50 bits per heavy atom. The number of halogens is 1. The van der Waals surface area contributed by atoms with Crippen LogP contribution in [0.25, 0.3) is 0 Å². The number of amides is 1. The van der Waals surface area contributed by atoms with Crippen LogP contribution >= 0.6 is 15.9 Å². The van der Waals surface area contributed by atoms with E-state index < -0.39 is 0 Å². The number of hydrogen-bond donors (Lipinski definition) is 2. The number of rotatable bonds is 3. The molecule has 0 aromatic carbocycles. The van der Waals surface area contributed by atoms with E-state index in [2.05, 4.69) is 21.2 Å². The predicted octanol–water partition coefficient (Wildman–Crippen LogP) is 2.04. The Morgan fingerprint density at radius 3 is 2.69 bits per heavy atom. The van der Waals surface area contributed by atoms with E-state index >= 15 is 0 Å². The minimum Gasteiger partial charge on any atom is -0.444 e. The predicted molar refractivity (Wildman–Crippen MR) is 64.1 cm³/mol. The lowest BCUT2D eigenvalue weighted by atomic mass is 9.98. The highest BCUT2D eigenvalue weighted by Gasteiger charge is 2.34. The molecule has 2 rings (SSSR count). The molecule has 1 amide bonds. The minimum absolute atomic E-state index is 0.182. The average molecular weight is 287 g/mol. The SMILES string of the molecule is NCC1(NC(=O)c2ccc(Br)o2)CCCC1. The smallest absolute Gasteiger partial charge is 0.287 e. The highest BCUT2D eigenvalue weighted by atomic mass is 79.9. The van der Waals surface area contributed by atoms with E-state index in [-0.39, 0.29) is 11.4 Å². The summed E-state index contributed by atoms with van der Waals surface area (Å²) in [6, 6.07) is 3.36. The summed E-state index contributed by atoms with van der Waals surface area (Å²) in [5, 5.41) is 2.99. The summed E-state index contributed by atoms with van der Waals surface area (Å²) in [6.07, 6.45) is 4.16. The first kappa shape index (κ1) is 11.7. The molecule has 0 spiro atoms. The third-order valence-corrected chi connectivity index (χ3v) is 3.55. The molecule has 88 valence electrons. The molecule has 5 heteroatoms. The van der Waals surface area contributed by atoms with Gasteiger partial charge in [0.2, 0.25) is 0 Å². The highest BCUT2D eigenvalue weighted by molar-refractivity contribution is 9.10. The molecule has 0 unspecified atom stereocenters. The van der Waals surface area contributed by atoms with Gasteiger partial charge in [-0.15, -0.1) is 0 Å². The van der Waals surface area contributed by atoms with Crippen molar-refractivity contribution < 1.29 is 9.21 Å². The second-order valence-electron chi connectivity index (χ2n) is 4.25. The Bertz CT molecular complexity index is 383. The molecule has 4 nitrogen and oxygen atoms in total. The lowest BCUT2D eigenvalue weighted by molar-refractivity contribution is 0.0873. The molecule has 1 fully saturated rings. The molecule has 1 saturated carbocycles. The fourth-order valence-electron chi connectivity index (χ4n) is 2.17. The van der Waals surface area contributed by atoms with Crippen LogP contribution in [0.2, 0.25) is 0 Å². The molecular formula is C11H15BrN2O2. The van der Waals surface area contributed by atoms with Crippen molar-refractivity contribution in [1.82, 2.24) is 5.32 Å². The first-order valence-electron chi connectivity index (χ1n) is 5.43. The number of nitrogens with one attached hydrogen (secondary N) is 1. The van der Waals surface area contributed by atoms with Gasteiger partial charge < -0.3 is 15.5 Å². The molecule has 3 N–H and O–H groups in total. The Hall–Kier alpha value is -0.810. The molecule has 0 aliphatic heterocycles. The lowest BCUT2D eigenvalue weighted by Crippen LogP contribution is -2.51. The Kier molecular flexibility index (Phi) is 3.35. The van der Waals surface area contributed by atoms with Crippen LogP contribution in [0.3, 0.4) is 0 Å². The molecule has 0 bridgehead atoms. The summed E-state index contributed by atoms with van der Waals surface area (Å²) < 4.78 is 5.77. The number of carbonyl (C=O) groups is 1. The molecule has 1 aliphatic rings. The van der Waals surface area contributed by atoms with Crippen molar-refractivity contribution in [3.05, 3.63) is 22.6 Å². The van der Waals surface area contributed by atoms with Crippen LogP contribution in [-0.2, 0) is 0 Å². The van der Waals surface area contributed by atoms with Gasteiger partial charge in [-0.2, -0.15) is 0 Å². The van der Waals surface area contributed by atoms with Crippen molar-refractivity contribution in [1.29, 1.82) is 0 Å². The van der Waals surface area contributed by atoms with E-state index in [4.69, 9.17) is 10.2 Å². The Balaban J connectivity index is 2.06. The molecule has 1 heterocycles. The molecule has 1 aromatic heterocycles. The molecule has 0 atom stereocenters. The van der Waals surface area contributed by atoms with Crippen LogP contribution in [0.1, 0.15) is 36.2 Å². The molecule has 16 heavy (non-hydrogen) atoms. The molecular weight excluding hydrogens is 272 g/mol. The number of nitrogens with two attached hydrogens (primary N) is 1. The topological polar surface area (TPSA) is 68.3 Å². The first-order chi connectivity index (χ1) is 7.65. The fraction of sp³-hybridized carbons (Fsp3) is 0.545. The Labute approximate surface area is 103 Å². The lowest BCUT2D eigenvalue weighted by Gasteiger charge is -2.28. The number of carbonyl (C=O) groups excluding carboxylic acids is 1. The first-order valence-corrected chi connectivity index (χ1v) is 6.22. The van der Waals surface area contributed by atoms with Crippen molar-refractivity contribution in [2.24, 2.45) is 5.73 Å². The monoisotopic (exact) mass is 286 g/mol. The fourth-order valence-corrected chi connectivity index (χ4v) is 2.48. The van der Waals surface area contributed by atoms with Crippen LogP contribution in [0.15, 0.2) is 21.2 Å². The van der Waals surface area contributed by atoms with E-state index in [1.807, 2.05) is 0 Å². The highest BCUT2D eigenvalue weighted by Crippen LogP contribution is 2.29. The zero-order valence-corrected chi connectivity index (χ0v) is 10.5. The standard InChI is InChI=1S/C11H15BrN2O2/c12-9-4-3-8(16-9)10(15)14-11(7-13)5-1-2-6-11/h3-4H,1-2,5-7,13H2,(H,14,15). The third-order valence-electron chi connectivity index (χ3n) is 3.13. The van der Waals surface area contributed by atoms with Gasteiger partial charge in [0.05, 0.1) is 5.54 Å². The molecule has 1 aliphatic carbocycles. The van der Waals surface area contributed by atoms with Crippen molar-refractivity contribution in [2.45, 2.75) is 31.2 Å². The summed E-state index contributed by atoms with van der Waals surface area (Å²) in [6.45, 7) is 0.487. The van der Waals surface area contributed by atoms with Crippen molar-refractivity contribution >= 4 is 21.8 Å². The van der Waals surface area contributed by atoms with Crippen LogP contribution in [-0.4, -0.2) is 18.0 Å². The zero-order chi connectivity index (χ0) is 11.6. The second-order valence-corrected chi connectivity index (χ2v) is 5.03. The molecule has 1 aromatic rings. The van der Waals surface area contributed by atoms with Crippen molar-refractivity contribution in [2.75, 3.05) is 6.54 Å². The molecule has 0 saturated heterocycles. The van der Waals surface area contributed by atoms with Crippen LogP contribution in [0, 0.1) is 0 Å². The van der Waals surface area contributed by atoms with E-state index in [1.165, 1.54) is 0 Å². The summed E-state index contributed by atoms with van der Waals surface area (Å²) in [5.74, 6) is 0.143. The van der Waals surface area contributed by atoms with Crippen LogP contribution in [0.4, 0.5) is 0 Å². The summed E-state index contributed by atoms with van der Waals surface area (Å²) >= 11 is 3.17. The summed E-state index contributed by atoms with van der Waals surface area (Å²) in [7, 11) is 0. The van der Waals surface area contributed by atoms with Gasteiger partial charge in [-0.05, 0) is 40.9 Å². The Morgan fingerprint density at radius 2 is 2.19 bits per heavy atom. The van der Waals surface area contributed by atoms with E-state index in [0.29, 0.717) is 17.0 Å². The van der Waals surface area contributed by atoms with Crippen molar-refractivity contribution in [3.63, 3.8) is 0 Å². The number of hydrogen-bond acceptors (Lipinski definition) is 3. The summed E-state index contributed by atoms with van der Waals surface area (Å²) in [5.41, 5.74) is 5.52. The van der Waals surface area contributed by atoms with Gasteiger partial charge in [-0.25, -0.2) is 0 Å². The van der Waals surface area contributed by atoms with Gasteiger partial charge in [-0.3, -0.25) is 4.79 Å². The van der Waals surface area contributed by atoms with Gasteiger partial charge >= 0.3 is 0 Å². The van der Waals surface area contributed by atoms with Crippen molar-refractivity contribution in [3.8, 4) is 0 Å². The van der Waals surface area contributed by atoms with E-state index in [1.54, 1.807) is 12.1 Å². The quantitative estimate of drug-likeness (QED) is 0.894. The maximum absolute atomic E-state index is 11.9. The van der Waals surface area contributed by atoms with Gasteiger partial charge in [-0.1, -0.05) is 12.8 Å². The third kappa shape index (κ3) is 2.30. The largest absolute Gasteiger partial charge is 0.444 e. The molecule has 0 radical (unpaired) electrons. The normalized spacial score (nSPS) is 18.6. The maximum Gasteiger partial charge on any atom is 0.287 e. The van der Waals surface area contributed by atoms with E-state index in [9.17, 15) is 4.79 Å². The van der Waals surface area contributed by atoms with Gasteiger partial charge in [0.1, 0.15) is 0 Å². The van der Waals surface area contributed by atoms with Gasteiger partial charge in [0.25, 0.3) is 5.91 Å². The second kappa shape index (κ2) is 4.59. The van der Waals surface area contributed by atoms with Crippen LogP contribution < -0.4 is 11.1 Å². The number of furan rings is 1. The maximum atomic E-state index is 11.9. The van der Waals surface area contributed by atoms with Crippen LogP contribution in [0.5, 0.6) is 0 Å². The van der Waals surface area contributed by atoms with E-state index in [0.717, 1.165) is 25.7 Å². The average Bonchev–Trinajstić information content (AvgIpc) is 2.88. The van der Waals surface area contributed by atoms with Gasteiger partial charge in [0.15, 0.2) is 10.4 Å². The minimum atomic E-state index is -0.226. The van der Waals surface area contributed by atoms with Gasteiger partial charge in [0, 0.05) is 6.54 Å². The zero-order valence-electron chi connectivity index (χ0n) is 8.96.